The number of unbranched alkanes of at least 4 members (excludes halogenated alkanes) is 8. The number of esters is 2. The van der Waals surface area contributed by atoms with Crippen molar-refractivity contribution in [3.63, 3.8) is 0 Å². The number of benzene rings is 1. The van der Waals surface area contributed by atoms with E-state index < -0.39 is 0 Å². The Morgan fingerprint density at radius 2 is 1.39 bits per heavy atom. The molecule has 0 spiro atoms. The van der Waals surface area contributed by atoms with Crippen LogP contribution < -0.4 is 0 Å². The Labute approximate surface area is 171 Å². The number of rotatable bonds is 16. The van der Waals surface area contributed by atoms with E-state index in [2.05, 4.69) is 11.7 Å². The molecule has 0 N–H and O–H groups in total. The van der Waals surface area contributed by atoms with Gasteiger partial charge in [-0.15, -0.1) is 0 Å². The second kappa shape index (κ2) is 16.1. The quantitative estimate of drug-likeness (QED) is 0.239. The molecule has 0 fully saturated rings. The molecule has 0 radical (unpaired) electrons. The lowest BCUT2D eigenvalue weighted by atomic mass is 10.0. The second-order valence-electron chi connectivity index (χ2n) is 7.48. The summed E-state index contributed by atoms with van der Waals surface area (Å²) in [5.74, 6) is -0.313. The Morgan fingerprint density at radius 1 is 0.821 bits per heavy atom. The number of ether oxygens (including phenoxy) is 2. The third-order valence-electron chi connectivity index (χ3n) is 5.05. The van der Waals surface area contributed by atoms with Crippen LogP contribution in [0.4, 0.5) is 0 Å². The first kappa shape index (κ1) is 24.2. The van der Waals surface area contributed by atoms with Crippen molar-refractivity contribution in [2.75, 3.05) is 7.11 Å². The highest BCUT2D eigenvalue weighted by Crippen LogP contribution is 2.17. The molecule has 0 unspecified atom stereocenters. The lowest BCUT2D eigenvalue weighted by Gasteiger charge is -2.18. The highest BCUT2D eigenvalue weighted by molar-refractivity contribution is 5.89. The van der Waals surface area contributed by atoms with Crippen LogP contribution in [0.3, 0.4) is 0 Å². The van der Waals surface area contributed by atoms with Crippen LogP contribution in [0.5, 0.6) is 0 Å². The molecule has 0 aliphatic rings. The summed E-state index contributed by atoms with van der Waals surface area (Å²) in [5.41, 5.74) is 0.634. The van der Waals surface area contributed by atoms with Gasteiger partial charge in [0, 0.05) is 6.42 Å². The predicted molar refractivity (Wildman–Crippen MR) is 113 cm³/mol. The second-order valence-corrected chi connectivity index (χ2v) is 7.48. The van der Waals surface area contributed by atoms with Crippen LogP contribution in [-0.2, 0) is 14.3 Å². The summed E-state index contributed by atoms with van der Waals surface area (Å²) in [7, 11) is 1.44. The molecular formula is C24H38O4. The number of carbonyl (C=O) groups excluding carboxylic acids is 2. The monoisotopic (exact) mass is 390 g/mol. The number of hydrogen-bond acceptors (Lipinski definition) is 4. The highest BCUT2D eigenvalue weighted by atomic mass is 16.5. The molecule has 0 aliphatic carbocycles. The van der Waals surface area contributed by atoms with Gasteiger partial charge >= 0.3 is 11.9 Å². The molecule has 0 bridgehead atoms. The molecule has 0 heterocycles. The summed E-state index contributed by atoms with van der Waals surface area (Å²) in [6, 6.07) is 9.27. The summed E-state index contributed by atoms with van der Waals surface area (Å²) in [5, 5.41) is 0. The SMILES string of the molecule is CCCCC[C@H](CCCCCCCCCC(=O)OC)OC(=O)c1ccccc1. The minimum Gasteiger partial charge on any atom is -0.469 e. The maximum atomic E-state index is 12.3. The van der Waals surface area contributed by atoms with Crippen molar-refractivity contribution >= 4 is 11.9 Å². The maximum absolute atomic E-state index is 12.3. The molecule has 0 amide bonds. The van der Waals surface area contributed by atoms with Crippen molar-refractivity contribution in [1.29, 1.82) is 0 Å². The zero-order chi connectivity index (χ0) is 20.5. The largest absolute Gasteiger partial charge is 0.469 e. The average molecular weight is 391 g/mol. The zero-order valence-electron chi connectivity index (χ0n) is 17.8. The fraction of sp³-hybridized carbons (Fsp3) is 0.667. The van der Waals surface area contributed by atoms with Gasteiger partial charge < -0.3 is 9.47 Å². The van der Waals surface area contributed by atoms with Gasteiger partial charge in [-0.25, -0.2) is 4.79 Å². The van der Waals surface area contributed by atoms with Crippen LogP contribution in [0.25, 0.3) is 0 Å². The van der Waals surface area contributed by atoms with Crippen molar-refractivity contribution in [3.05, 3.63) is 35.9 Å². The Balaban J connectivity index is 2.20. The summed E-state index contributed by atoms with van der Waals surface area (Å²) in [6.07, 6.45) is 13.8. The van der Waals surface area contributed by atoms with Gasteiger partial charge in [-0.3, -0.25) is 4.79 Å². The smallest absolute Gasteiger partial charge is 0.338 e. The zero-order valence-corrected chi connectivity index (χ0v) is 17.8. The normalized spacial score (nSPS) is 11.8. The van der Waals surface area contributed by atoms with Gasteiger partial charge in [0.15, 0.2) is 0 Å². The molecule has 1 rings (SSSR count). The summed E-state index contributed by atoms with van der Waals surface area (Å²) < 4.78 is 10.4. The summed E-state index contributed by atoms with van der Waals surface area (Å²) >= 11 is 0. The Hall–Kier alpha value is -1.84. The first-order valence-corrected chi connectivity index (χ1v) is 11.0. The van der Waals surface area contributed by atoms with Gasteiger partial charge in [-0.2, -0.15) is 0 Å². The molecule has 28 heavy (non-hydrogen) atoms. The van der Waals surface area contributed by atoms with Gasteiger partial charge in [0.1, 0.15) is 6.10 Å². The van der Waals surface area contributed by atoms with E-state index in [1.807, 2.05) is 30.3 Å². The molecule has 1 aromatic carbocycles. The van der Waals surface area contributed by atoms with E-state index in [0.29, 0.717) is 12.0 Å². The van der Waals surface area contributed by atoms with E-state index >= 15 is 0 Å². The van der Waals surface area contributed by atoms with Crippen LogP contribution in [-0.4, -0.2) is 25.2 Å². The van der Waals surface area contributed by atoms with E-state index in [-0.39, 0.29) is 18.0 Å². The van der Waals surface area contributed by atoms with Crippen molar-refractivity contribution in [2.24, 2.45) is 0 Å². The van der Waals surface area contributed by atoms with Gasteiger partial charge in [0.2, 0.25) is 0 Å². The number of hydrogen-bond donors (Lipinski definition) is 0. The molecule has 0 aliphatic heterocycles. The average Bonchev–Trinajstić information content (AvgIpc) is 2.72. The van der Waals surface area contributed by atoms with Crippen molar-refractivity contribution in [1.82, 2.24) is 0 Å². The number of methoxy groups -OCH3 is 1. The summed E-state index contributed by atoms with van der Waals surface area (Å²) in [6.45, 7) is 2.19. The third kappa shape index (κ3) is 11.8. The molecule has 0 saturated heterocycles. The van der Waals surface area contributed by atoms with E-state index in [1.54, 1.807) is 0 Å². The maximum Gasteiger partial charge on any atom is 0.338 e. The van der Waals surface area contributed by atoms with E-state index in [0.717, 1.165) is 38.5 Å². The lowest BCUT2D eigenvalue weighted by Crippen LogP contribution is -2.18. The van der Waals surface area contributed by atoms with Crippen LogP contribution >= 0.6 is 0 Å². The van der Waals surface area contributed by atoms with Gasteiger partial charge in [0.25, 0.3) is 0 Å². The first-order chi connectivity index (χ1) is 13.7. The van der Waals surface area contributed by atoms with Crippen molar-refractivity contribution < 1.29 is 19.1 Å². The fourth-order valence-electron chi connectivity index (χ4n) is 3.31. The van der Waals surface area contributed by atoms with E-state index in [1.165, 1.54) is 45.6 Å². The molecule has 0 saturated carbocycles. The Kier molecular flexibility index (Phi) is 14.0. The van der Waals surface area contributed by atoms with Crippen LogP contribution in [0.2, 0.25) is 0 Å². The van der Waals surface area contributed by atoms with Crippen LogP contribution in [0.1, 0.15) is 101 Å². The number of carbonyl (C=O) groups is 2. The minimum absolute atomic E-state index is 0.0271. The molecule has 0 aromatic heterocycles. The molecule has 158 valence electrons. The molecular weight excluding hydrogens is 352 g/mol. The Bertz CT molecular complexity index is 527. The first-order valence-electron chi connectivity index (χ1n) is 11.0. The minimum atomic E-state index is -0.201. The topological polar surface area (TPSA) is 52.6 Å². The van der Waals surface area contributed by atoms with E-state index in [4.69, 9.17) is 4.74 Å². The van der Waals surface area contributed by atoms with Gasteiger partial charge in [-0.1, -0.05) is 70.1 Å². The standard InChI is InChI=1S/C24H38O4/c1-3-4-11-18-22(28-24(26)21-16-12-10-13-17-21)19-14-8-6-5-7-9-15-20-23(25)27-2/h10,12-13,16-17,22H,3-9,11,14-15,18-20H2,1-2H3/t22-/m1/s1. The van der Waals surface area contributed by atoms with Crippen molar-refractivity contribution in [2.45, 2.75) is 96.5 Å². The third-order valence-corrected chi connectivity index (χ3v) is 5.05. The van der Waals surface area contributed by atoms with E-state index in [9.17, 15) is 9.59 Å². The molecule has 4 nitrogen and oxygen atoms in total. The molecule has 1 aromatic rings. The Morgan fingerprint density at radius 3 is 2.00 bits per heavy atom. The van der Waals surface area contributed by atoms with Gasteiger partial charge in [-0.05, 0) is 44.2 Å². The highest BCUT2D eigenvalue weighted by Gasteiger charge is 2.15. The van der Waals surface area contributed by atoms with Gasteiger partial charge in [0.05, 0.1) is 12.7 Å². The van der Waals surface area contributed by atoms with Crippen LogP contribution in [0, 0.1) is 0 Å². The fourth-order valence-corrected chi connectivity index (χ4v) is 3.31. The van der Waals surface area contributed by atoms with Crippen molar-refractivity contribution in [3.8, 4) is 0 Å². The summed E-state index contributed by atoms with van der Waals surface area (Å²) in [4.78, 5) is 23.4. The lowest BCUT2D eigenvalue weighted by molar-refractivity contribution is -0.140. The molecule has 1 atom stereocenters. The van der Waals surface area contributed by atoms with Crippen LogP contribution in [0.15, 0.2) is 30.3 Å². The predicted octanol–water partition coefficient (Wildman–Crippen LogP) is 6.48. The molecule has 4 heteroatoms.